The number of aryl methyl sites for hydroxylation is 1. The van der Waals surface area contributed by atoms with E-state index in [2.05, 4.69) is 25.1 Å². The molecule has 0 aromatic heterocycles. The summed E-state index contributed by atoms with van der Waals surface area (Å²) in [6, 6.07) is 36.2. The second-order valence-electron chi connectivity index (χ2n) is 17.0. The molecule has 0 aliphatic carbocycles. The van der Waals surface area contributed by atoms with Crippen molar-refractivity contribution >= 4 is 9.84 Å². The molecule has 6 nitrogen and oxygen atoms in total. The molecule has 2 heterocycles. The van der Waals surface area contributed by atoms with Crippen molar-refractivity contribution in [1.82, 2.24) is 0 Å². The molecular weight excluding hydrogens is 753 g/mol. The highest BCUT2D eigenvalue weighted by molar-refractivity contribution is 7.91. The third-order valence-corrected chi connectivity index (χ3v) is 14.1. The first-order chi connectivity index (χ1) is 29.0. The highest BCUT2D eigenvalue weighted by Gasteiger charge is 2.52. The normalized spacial score (nSPS) is 20.9. The van der Waals surface area contributed by atoms with Crippen LogP contribution in [0.3, 0.4) is 0 Å². The van der Waals surface area contributed by atoms with Crippen LogP contribution in [0.5, 0.6) is 0 Å². The molecule has 0 saturated carbocycles. The fraction of sp³-hybridized carbons (Fsp3) is 0.538. The highest BCUT2D eigenvalue weighted by Crippen LogP contribution is 2.47. The number of sulfone groups is 1. The summed E-state index contributed by atoms with van der Waals surface area (Å²) in [5.41, 5.74) is 5.04. The van der Waals surface area contributed by atoms with Crippen LogP contribution in [0.25, 0.3) is 0 Å². The molecule has 0 bridgehead atoms. The Bertz CT molecular complexity index is 1850. The van der Waals surface area contributed by atoms with Crippen LogP contribution < -0.4 is 0 Å². The zero-order chi connectivity index (χ0) is 41.0. The lowest BCUT2D eigenvalue weighted by Crippen LogP contribution is -2.57. The summed E-state index contributed by atoms with van der Waals surface area (Å²) in [5, 5.41) is 0. The lowest BCUT2D eigenvalue weighted by Gasteiger charge is -2.48. The van der Waals surface area contributed by atoms with Gasteiger partial charge in [0.25, 0.3) is 0 Å². The molecule has 6 rings (SSSR count). The van der Waals surface area contributed by atoms with Crippen molar-refractivity contribution in [2.45, 2.75) is 165 Å². The van der Waals surface area contributed by atoms with E-state index in [1.807, 2.05) is 91.0 Å². The molecule has 1 fully saturated rings. The molecule has 2 aliphatic heterocycles. The Labute approximate surface area is 356 Å². The van der Waals surface area contributed by atoms with Crippen molar-refractivity contribution in [2.24, 2.45) is 5.92 Å². The molecule has 7 heteroatoms. The summed E-state index contributed by atoms with van der Waals surface area (Å²) in [6.07, 6.45) is 20.3. The Hall–Kier alpha value is -3.33. The van der Waals surface area contributed by atoms with E-state index < -0.39 is 40.2 Å². The average Bonchev–Trinajstić information content (AvgIpc) is 3.26. The monoisotopic (exact) mass is 822 g/mol. The van der Waals surface area contributed by atoms with Crippen LogP contribution in [-0.2, 0) is 55.0 Å². The number of rotatable bonds is 27. The first kappa shape index (κ1) is 45.2. The van der Waals surface area contributed by atoms with Gasteiger partial charge >= 0.3 is 0 Å². The van der Waals surface area contributed by atoms with Gasteiger partial charge in [0.1, 0.15) is 12.2 Å². The van der Waals surface area contributed by atoms with Gasteiger partial charge in [-0.3, -0.25) is 0 Å². The SMILES string of the molecule is CCCCCCCCCCCCCCCCCCc1ccc2c(c1)[C@H]1O[C@H](COCc3ccccc3)[C@@H](OCc3ccccc3)[C@H](OCc3ccccc3)[C@H]1CS2(=O)=O. The van der Waals surface area contributed by atoms with Crippen molar-refractivity contribution in [3.63, 3.8) is 0 Å². The summed E-state index contributed by atoms with van der Waals surface area (Å²) in [6.45, 7) is 3.68. The van der Waals surface area contributed by atoms with Gasteiger partial charge in [-0.05, 0) is 41.2 Å². The van der Waals surface area contributed by atoms with Gasteiger partial charge in [0.05, 0.1) is 49.3 Å². The third-order valence-electron chi connectivity index (χ3n) is 12.2. The topological polar surface area (TPSA) is 71.1 Å². The number of unbranched alkanes of at least 4 members (excludes halogenated alkanes) is 15. The smallest absolute Gasteiger partial charge is 0.179 e. The average molecular weight is 823 g/mol. The largest absolute Gasteiger partial charge is 0.374 e. The van der Waals surface area contributed by atoms with Crippen molar-refractivity contribution in [1.29, 1.82) is 0 Å². The molecule has 1 saturated heterocycles. The van der Waals surface area contributed by atoms with E-state index >= 15 is 0 Å². The molecule has 0 radical (unpaired) electrons. The van der Waals surface area contributed by atoms with Crippen LogP contribution >= 0.6 is 0 Å². The lowest BCUT2D eigenvalue weighted by atomic mass is 9.83. The summed E-state index contributed by atoms with van der Waals surface area (Å²) in [7, 11) is -3.60. The van der Waals surface area contributed by atoms with Crippen molar-refractivity contribution in [3.05, 3.63) is 137 Å². The molecule has 4 aromatic carbocycles. The second-order valence-corrected chi connectivity index (χ2v) is 19.0. The van der Waals surface area contributed by atoms with Crippen LogP contribution in [0.15, 0.2) is 114 Å². The van der Waals surface area contributed by atoms with Crippen LogP contribution in [0, 0.1) is 5.92 Å². The summed E-state index contributed by atoms with van der Waals surface area (Å²) in [5.74, 6) is -0.515. The Morgan fingerprint density at radius 1 is 0.542 bits per heavy atom. The summed E-state index contributed by atoms with van der Waals surface area (Å²) < 4.78 is 55.1. The predicted molar refractivity (Wildman–Crippen MR) is 239 cm³/mol. The molecule has 0 N–H and O–H groups in total. The number of hydrogen-bond donors (Lipinski definition) is 0. The molecule has 2 aliphatic rings. The minimum atomic E-state index is -3.60. The van der Waals surface area contributed by atoms with E-state index in [0.717, 1.165) is 40.7 Å². The highest BCUT2D eigenvalue weighted by atomic mass is 32.2. The van der Waals surface area contributed by atoms with E-state index in [1.54, 1.807) is 0 Å². The van der Waals surface area contributed by atoms with E-state index in [-0.39, 0.29) is 12.4 Å². The Morgan fingerprint density at radius 2 is 1.02 bits per heavy atom. The van der Waals surface area contributed by atoms with Gasteiger partial charge in [-0.15, -0.1) is 0 Å². The van der Waals surface area contributed by atoms with E-state index in [4.69, 9.17) is 18.9 Å². The standard InChI is InChI=1S/C52H70O6S/c1-2-3-4-5-6-7-8-9-10-11-12-13-14-15-16-20-27-42-34-35-49-46(36-42)50-47(41-59(49,53)54)51(56-38-44-30-23-18-24-31-44)52(57-39-45-32-25-19-26-33-45)48(58-50)40-55-37-43-28-21-17-22-29-43/h17-19,21-26,28-36,47-48,50-52H,2-16,20,27,37-41H2,1H3/t47-,48+,50+,51+,52+/m0/s1. The first-order valence-corrected chi connectivity index (χ1v) is 24.6. The zero-order valence-electron chi connectivity index (χ0n) is 35.7. The van der Waals surface area contributed by atoms with Gasteiger partial charge < -0.3 is 18.9 Å². The zero-order valence-corrected chi connectivity index (χ0v) is 36.5. The molecule has 0 amide bonds. The number of ether oxygens (including phenoxy) is 4. The van der Waals surface area contributed by atoms with Crippen LogP contribution in [0.1, 0.15) is 144 Å². The minimum absolute atomic E-state index is 0.0641. The van der Waals surface area contributed by atoms with E-state index in [0.29, 0.717) is 24.7 Å². The van der Waals surface area contributed by atoms with Gasteiger partial charge in [0, 0.05) is 11.5 Å². The molecule has 320 valence electrons. The summed E-state index contributed by atoms with van der Waals surface area (Å²) >= 11 is 0. The maximum Gasteiger partial charge on any atom is 0.179 e. The van der Waals surface area contributed by atoms with Crippen LogP contribution in [0.2, 0.25) is 0 Å². The Kier molecular flexibility index (Phi) is 19.0. The van der Waals surface area contributed by atoms with Gasteiger partial charge in [-0.1, -0.05) is 206 Å². The van der Waals surface area contributed by atoms with Gasteiger partial charge in [0.2, 0.25) is 0 Å². The molecular formula is C52H70O6S. The fourth-order valence-electron chi connectivity index (χ4n) is 8.91. The van der Waals surface area contributed by atoms with Crippen LogP contribution in [0.4, 0.5) is 0 Å². The Morgan fingerprint density at radius 3 is 1.54 bits per heavy atom. The molecule has 0 spiro atoms. The van der Waals surface area contributed by atoms with Crippen molar-refractivity contribution in [2.75, 3.05) is 12.4 Å². The van der Waals surface area contributed by atoms with E-state index in [9.17, 15) is 8.42 Å². The molecule has 5 atom stereocenters. The van der Waals surface area contributed by atoms with Crippen LogP contribution in [-0.4, -0.2) is 39.1 Å². The van der Waals surface area contributed by atoms with Gasteiger partial charge in [0.15, 0.2) is 9.84 Å². The predicted octanol–water partition coefficient (Wildman–Crippen LogP) is 12.7. The number of hydrogen-bond acceptors (Lipinski definition) is 6. The lowest BCUT2D eigenvalue weighted by molar-refractivity contribution is -0.245. The van der Waals surface area contributed by atoms with E-state index in [1.165, 1.54) is 96.3 Å². The van der Waals surface area contributed by atoms with Gasteiger partial charge in [-0.25, -0.2) is 8.42 Å². The van der Waals surface area contributed by atoms with Crippen molar-refractivity contribution < 1.29 is 27.4 Å². The first-order valence-electron chi connectivity index (χ1n) is 23.0. The van der Waals surface area contributed by atoms with Crippen molar-refractivity contribution in [3.8, 4) is 0 Å². The maximum absolute atomic E-state index is 14.1. The molecule has 0 unspecified atom stereocenters. The molecule has 4 aromatic rings. The fourth-order valence-corrected chi connectivity index (χ4v) is 10.8. The summed E-state index contributed by atoms with van der Waals surface area (Å²) in [4.78, 5) is 0.379. The quantitative estimate of drug-likeness (QED) is 0.0558. The number of benzene rings is 4. The van der Waals surface area contributed by atoms with Gasteiger partial charge in [-0.2, -0.15) is 0 Å². The maximum atomic E-state index is 14.1. The minimum Gasteiger partial charge on any atom is -0.374 e. The second kappa shape index (κ2) is 24.8. The third kappa shape index (κ3) is 14.4. The Balaban J connectivity index is 1.09. The number of fused-ring (bicyclic) bond motifs is 3. The molecule has 59 heavy (non-hydrogen) atoms.